The Kier molecular flexibility index (Phi) is 6.24. The number of anilines is 1. The van der Waals surface area contributed by atoms with Crippen LogP contribution in [0.25, 0.3) is 0 Å². The van der Waals surface area contributed by atoms with E-state index in [1.54, 1.807) is 7.11 Å². The molecule has 1 aromatic heterocycles. The predicted molar refractivity (Wildman–Crippen MR) is 82.0 cm³/mol. The number of hydrogen-bond donors (Lipinski definition) is 1. The smallest absolute Gasteiger partial charge is 0.128 e. The standard InChI is InChI=1S/C15H26N4O/c1-20-13-14(5-4-7-16)18-9-11-19(12-10-18)15-6-2-3-8-17-15/h2-3,6,8,14H,4-5,7,9-13,16H2,1H3. The van der Waals surface area contributed by atoms with Crippen molar-refractivity contribution in [2.75, 3.05) is 51.3 Å². The summed E-state index contributed by atoms with van der Waals surface area (Å²) in [7, 11) is 1.78. The van der Waals surface area contributed by atoms with Crippen LogP contribution in [0, 0.1) is 0 Å². The molecule has 0 aromatic carbocycles. The van der Waals surface area contributed by atoms with Crippen LogP contribution in [0.3, 0.4) is 0 Å². The summed E-state index contributed by atoms with van der Waals surface area (Å²) in [5.41, 5.74) is 5.62. The van der Waals surface area contributed by atoms with Crippen molar-refractivity contribution in [2.45, 2.75) is 18.9 Å². The van der Waals surface area contributed by atoms with Crippen molar-refractivity contribution in [1.82, 2.24) is 9.88 Å². The molecule has 2 heterocycles. The van der Waals surface area contributed by atoms with Gasteiger partial charge in [0.1, 0.15) is 5.82 Å². The van der Waals surface area contributed by atoms with Crippen LogP contribution in [0.1, 0.15) is 12.8 Å². The van der Waals surface area contributed by atoms with E-state index in [-0.39, 0.29) is 0 Å². The van der Waals surface area contributed by atoms with E-state index < -0.39 is 0 Å². The van der Waals surface area contributed by atoms with E-state index in [1.807, 2.05) is 18.3 Å². The maximum absolute atomic E-state index is 5.62. The molecule has 1 aromatic rings. The van der Waals surface area contributed by atoms with Crippen molar-refractivity contribution in [1.29, 1.82) is 0 Å². The first-order valence-electron chi connectivity index (χ1n) is 7.44. The molecule has 1 unspecified atom stereocenters. The summed E-state index contributed by atoms with van der Waals surface area (Å²) in [4.78, 5) is 9.30. The van der Waals surface area contributed by atoms with Gasteiger partial charge in [-0.15, -0.1) is 0 Å². The third-order valence-electron chi connectivity index (χ3n) is 3.90. The summed E-state index contributed by atoms with van der Waals surface area (Å²) in [5.74, 6) is 1.08. The maximum atomic E-state index is 5.62. The van der Waals surface area contributed by atoms with Crippen LogP contribution < -0.4 is 10.6 Å². The van der Waals surface area contributed by atoms with Crippen molar-refractivity contribution in [3.8, 4) is 0 Å². The summed E-state index contributed by atoms with van der Waals surface area (Å²) < 4.78 is 5.36. The van der Waals surface area contributed by atoms with E-state index >= 15 is 0 Å². The molecule has 1 aliphatic rings. The van der Waals surface area contributed by atoms with Crippen molar-refractivity contribution in [3.63, 3.8) is 0 Å². The zero-order valence-electron chi connectivity index (χ0n) is 12.4. The molecule has 0 bridgehead atoms. The maximum Gasteiger partial charge on any atom is 0.128 e. The van der Waals surface area contributed by atoms with E-state index in [0.717, 1.165) is 58.0 Å². The highest BCUT2D eigenvalue weighted by Crippen LogP contribution is 2.16. The molecule has 1 atom stereocenters. The van der Waals surface area contributed by atoms with Gasteiger partial charge in [0.05, 0.1) is 6.61 Å². The first kappa shape index (κ1) is 15.2. The number of ether oxygens (including phenoxy) is 1. The zero-order chi connectivity index (χ0) is 14.2. The normalized spacial score (nSPS) is 18.2. The number of nitrogens with two attached hydrogens (primary N) is 1. The molecule has 112 valence electrons. The lowest BCUT2D eigenvalue weighted by Crippen LogP contribution is -2.51. The van der Waals surface area contributed by atoms with Gasteiger partial charge in [-0.3, -0.25) is 4.90 Å². The van der Waals surface area contributed by atoms with Gasteiger partial charge < -0.3 is 15.4 Å². The third kappa shape index (κ3) is 4.16. The molecule has 0 spiro atoms. The van der Waals surface area contributed by atoms with Gasteiger partial charge in [-0.05, 0) is 31.5 Å². The van der Waals surface area contributed by atoms with Gasteiger partial charge in [0.25, 0.3) is 0 Å². The number of piperazine rings is 1. The Labute approximate surface area is 121 Å². The zero-order valence-corrected chi connectivity index (χ0v) is 12.4. The van der Waals surface area contributed by atoms with Gasteiger partial charge in [-0.2, -0.15) is 0 Å². The lowest BCUT2D eigenvalue weighted by Gasteiger charge is -2.39. The third-order valence-corrected chi connectivity index (χ3v) is 3.90. The molecule has 5 heteroatoms. The molecule has 2 N–H and O–H groups in total. The minimum atomic E-state index is 0.495. The Morgan fingerprint density at radius 3 is 2.70 bits per heavy atom. The lowest BCUT2D eigenvalue weighted by atomic mass is 10.1. The van der Waals surface area contributed by atoms with Crippen LogP contribution >= 0.6 is 0 Å². The number of methoxy groups -OCH3 is 1. The van der Waals surface area contributed by atoms with Crippen LogP contribution in [0.2, 0.25) is 0 Å². The Morgan fingerprint density at radius 2 is 2.10 bits per heavy atom. The molecule has 1 saturated heterocycles. The fraction of sp³-hybridized carbons (Fsp3) is 0.667. The molecule has 5 nitrogen and oxygen atoms in total. The fourth-order valence-electron chi connectivity index (χ4n) is 2.77. The summed E-state index contributed by atoms with van der Waals surface area (Å²) in [6.07, 6.45) is 4.04. The highest BCUT2D eigenvalue weighted by molar-refractivity contribution is 5.38. The average molecular weight is 278 g/mol. The summed E-state index contributed by atoms with van der Waals surface area (Å²) >= 11 is 0. The van der Waals surface area contributed by atoms with Crippen LogP contribution in [-0.2, 0) is 4.74 Å². The first-order chi connectivity index (χ1) is 9.85. The number of nitrogens with zero attached hydrogens (tertiary/aromatic N) is 3. The minimum Gasteiger partial charge on any atom is -0.383 e. The Morgan fingerprint density at radius 1 is 1.30 bits per heavy atom. The molecule has 1 aliphatic heterocycles. The molecule has 0 radical (unpaired) electrons. The van der Waals surface area contributed by atoms with Crippen LogP contribution in [0.15, 0.2) is 24.4 Å². The second kappa shape index (κ2) is 8.19. The molecule has 1 fully saturated rings. The lowest BCUT2D eigenvalue weighted by molar-refractivity contribution is 0.0800. The number of aromatic nitrogens is 1. The van der Waals surface area contributed by atoms with E-state index in [9.17, 15) is 0 Å². The van der Waals surface area contributed by atoms with Gasteiger partial charge in [0.2, 0.25) is 0 Å². The van der Waals surface area contributed by atoms with Crippen molar-refractivity contribution >= 4 is 5.82 Å². The minimum absolute atomic E-state index is 0.495. The predicted octanol–water partition coefficient (Wildman–Crippen LogP) is 0.958. The van der Waals surface area contributed by atoms with E-state index in [1.165, 1.54) is 0 Å². The van der Waals surface area contributed by atoms with Gasteiger partial charge in [0.15, 0.2) is 0 Å². The van der Waals surface area contributed by atoms with Gasteiger partial charge in [-0.1, -0.05) is 6.07 Å². The molecule has 2 rings (SSSR count). The number of rotatable bonds is 7. The molecule has 0 amide bonds. The Hall–Kier alpha value is -1.17. The number of hydrogen-bond acceptors (Lipinski definition) is 5. The first-order valence-corrected chi connectivity index (χ1v) is 7.44. The largest absolute Gasteiger partial charge is 0.383 e. The van der Waals surface area contributed by atoms with Crippen molar-refractivity contribution in [3.05, 3.63) is 24.4 Å². The quantitative estimate of drug-likeness (QED) is 0.805. The van der Waals surface area contributed by atoms with Crippen LogP contribution in [-0.4, -0.2) is 62.4 Å². The van der Waals surface area contributed by atoms with Gasteiger partial charge in [0, 0.05) is 45.5 Å². The molecular formula is C15H26N4O. The fourth-order valence-corrected chi connectivity index (χ4v) is 2.77. The molecule has 20 heavy (non-hydrogen) atoms. The second-order valence-corrected chi connectivity index (χ2v) is 5.25. The Bertz CT molecular complexity index is 365. The summed E-state index contributed by atoms with van der Waals surface area (Å²) in [6, 6.07) is 6.58. The summed E-state index contributed by atoms with van der Waals surface area (Å²) in [5, 5.41) is 0. The van der Waals surface area contributed by atoms with Gasteiger partial charge >= 0.3 is 0 Å². The molecule has 0 saturated carbocycles. The molecule has 0 aliphatic carbocycles. The van der Waals surface area contributed by atoms with Crippen molar-refractivity contribution in [2.24, 2.45) is 5.73 Å². The van der Waals surface area contributed by atoms with Gasteiger partial charge in [-0.25, -0.2) is 4.98 Å². The second-order valence-electron chi connectivity index (χ2n) is 5.25. The average Bonchev–Trinajstić information content (AvgIpc) is 2.52. The summed E-state index contributed by atoms with van der Waals surface area (Å²) in [6.45, 7) is 5.74. The Balaban J connectivity index is 1.85. The topological polar surface area (TPSA) is 54.6 Å². The van der Waals surface area contributed by atoms with Crippen molar-refractivity contribution < 1.29 is 4.74 Å². The monoisotopic (exact) mass is 278 g/mol. The highest BCUT2D eigenvalue weighted by Gasteiger charge is 2.23. The SMILES string of the molecule is COCC(CCCN)N1CCN(c2ccccn2)CC1. The van der Waals surface area contributed by atoms with E-state index in [2.05, 4.69) is 20.9 Å². The number of pyridine rings is 1. The van der Waals surface area contributed by atoms with E-state index in [4.69, 9.17) is 10.5 Å². The highest BCUT2D eigenvalue weighted by atomic mass is 16.5. The van der Waals surface area contributed by atoms with Crippen LogP contribution in [0.4, 0.5) is 5.82 Å². The van der Waals surface area contributed by atoms with Crippen LogP contribution in [0.5, 0.6) is 0 Å². The molecular weight excluding hydrogens is 252 g/mol. The van der Waals surface area contributed by atoms with E-state index in [0.29, 0.717) is 6.04 Å².